The molecule has 0 N–H and O–H groups in total. The van der Waals surface area contributed by atoms with Crippen molar-refractivity contribution in [3.05, 3.63) is 66.2 Å². The monoisotopic (exact) mass is 320 g/mol. The molecule has 1 aliphatic heterocycles. The van der Waals surface area contributed by atoms with Gasteiger partial charge in [-0.3, -0.25) is 4.90 Å². The first-order valence-electron chi connectivity index (χ1n) is 9.19. The topological polar surface area (TPSA) is 6.48 Å². The fourth-order valence-electron chi connectivity index (χ4n) is 4.52. The average molecular weight is 320 g/mol. The Balaban J connectivity index is 1.36. The highest BCUT2D eigenvalue weighted by Gasteiger charge is 2.61. The zero-order valence-electron chi connectivity index (χ0n) is 14.9. The molecule has 0 radical (unpaired) electrons. The molecule has 0 aromatic heterocycles. The number of para-hydroxylation sites is 1. The zero-order valence-corrected chi connectivity index (χ0v) is 14.9. The van der Waals surface area contributed by atoms with Gasteiger partial charge in [0.25, 0.3) is 0 Å². The van der Waals surface area contributed by atoms with Gasteiger partial charge in [-0.2, -0.15) is 0 Å². The van der Waals surface area contributed by atoms with E-state index < -0.39 is 0 Å². The summed E-state index contributed by atoms with van der Waals surface area (Å²) in [4.78, 5) is 5.19. The number of hydrogen-bond acceptors (Lipinski definition) is 2. The summed E-state index contributed by atoms with van der Waals surface area (Å²) in [7, 11) is 0. The first-order chi connectivity index (χ1) is 11.6. The first-order valence-corrected chi connectivity index (χ1v) is 9.19. The molecule has 0 bridgehead atoms. The van der Waals surface area contributed by atoms with Crippen LogP contribution < -0.4 is 4.90 Å². The standard InChI is InChI=1S/C22H28N2/c1-21(17-22(21,2)19-9-5-3-6-10-19)18-23-13-15-24(16-14-23)20-11-7-4-8-12-20/h3-12H,13-18H2,1-2H3. The van der Waals surface area contributed by atoms with Crippen molar-refractivity contribution in [2.75, 3.05) is 37.6 Å². The van der Waals surface area contributed by atoms with Gasteiger partial charge in [0.2, 0.25) is 0 Å². The van der Waals surface area contributed by atoms with Crippen molar-refractivity contribution in [1.82, 2.24) is 4.90 Å². The minimum Gasteiger partial charge on any atom is -0.369 e. The van der Waals surface area contributed by atoms with Crippen LogP contribution in [0.25, 0.3) is 0 Å². The normalized spacial score (nSPS) is 30.3. The van der Waals surface area contributed by atoms with Crippen LogP contribution in [0.3, 0.4) is 0 Å². The van der Waals surface area contributed by atoms with Crippen molar-refractivity contribution in [3.63, 3.8) is 0 Å². The SMILES string of the molecule is CC1(CN2CCN(c3ccccc3)CC2)CC1(C)c1ccccc1. The zero-order chi connectivity index (χ0) is 16.6. The van der Waals surface area contributed by atoms with Crippen molar-refractivity contribution in [2.24, 2.45) is 5.41 Å². The molecular weight excluding hydrogens is 292 g/mol. The Kier molecular flexibility index (Phi) is 3.88. The Bertz CT molecular complexity index is 676. The molecule has 0 spiro atoms. The fraction of sp³-hybridized carbons (Fsp3) is 0.455. The molecule has 2 aliphatic rings. The lowest BCUT2D eigenvalue weighted by Crippen LogP contribution is -2.48. The molecule has 2 aromatic carbocycles. The van der Waals surface area contributed by atoms with E-state index in [4.69, 9.17) is 0 Å². The van der Waals surface area contributed by atoms with Crippen molar-refractivity contribution in [2.45, 2.75) is 25.7 Å². The number of anilines is 1. The van der Waals surface area contributed by atoms with Crippen molar-refractivity contribution < 1.29 is 0 Å². The van der Waals surface area contributed by atoms with Gasteiger partial charge in [-0.25, -0.2) is 0 Å². The summed E-state index contributed by atoms with van der Waals surface area (Å²) in [5.41, 5.74) is 3.65. The highest BCUT2D eigenvalue weighted by molar-refractivity contribution is 5.46. The maximum absolute atomic E-state index is 2.67. The summed E-state index contributed by atoms with van der Waals surface area (Å²) in [6.45, 7) is 10.8. The van der Waals surface area contributed by atoms with Crippen molar-refractivity contribution in [3.8, 4) is 0 Å². The predicted octanol–water partition coefficient (Wildman–Crippen LogP) is 4.18. The number of benzene rings is 2. The van der Waals surface area contributed by atoms with E-state index in [0.717, 1.165) is 13.1 Å². The maximum Gasteiger partial charge on any atom is 0.0367 e. The molecule has 4 rings (SSSR count). The number of hydrogen-bond donors (Lipinski definition) is 0. The van der Waals surface area contributed by atoms with Gasteiger partial charge in [0.05, 0.1) is 0 Å². The number of nitrogens with zero attached hydrogens (tertiary/aromatic N) is 2. The summed E-state index contributed by atoms with van der Waals surface area (Å²) < 4.78 is 0. The van der Waals surface area contributed by atoms with Crippen molar-refractivity contribution in [1.29, 1.82) is 0 Å². The smallest absolute Gasteiger partial charge is 0.0367 e. The van der Waals surface area contributed by atoms with Crippen LogP contribution in [0.5, 0.6) is 0 Å². The minimum absolute atomic E-state index is 0.352. The van der Waals surface area contributed by atoms with Crippen LogP contribution in [-0.2, 0) is 5.41 Å². The minimum atomic E-state index is 0.352. The molecule has 2 atom stereocenters. The third kappa shape index (κ3) is 2.73. The quantitative estimate of drug-likeness (QED) is 0.834. The summed E-state index contributed by atoms with van der Waals surface area (Å²) in [5.74, 6) is 0. The van der Waals surface area contributed by atoms with E-state index in [2.05, 4.69) is 84.3 Å². The van der Waals surface area contributed by atoms with E-state index >= 15 is 0 Å². The van der Waals surface area contributed by atoms with Gasteiger partial charge in [-0.05, 0) is 34.9 Å². The molecule has 24 heavy (non-hydrogen) atoms. The molecule has 126 valence electrons. The highest BCUT2D eigenvalue weighted by atomic mass is 15.3. The van der Waals surface area contributed by atoms with Crippen LogP contribution >= 0.6 is 0 Å². The number of rotatable bonds is 4. The first kappa shape index (κ1) is 15.7. The predicted molar refractivity (Wildman–Crippen MR) is 102 cm³/mol. The Morgan fingerprint density at radius 3 is 2.00 bits per heavy atom. The Labute approximate surface area is 146 Å². The molecule has 1 aliphatic carbocycles. The molecule has 0 amide bonds. The highest BCUT2D eigenvalue weighted by Crippen LogP contribution is 2.64. The fourth-order valence-corrected chi connectivity index (χ4v) is 4.52. The van der Waals surface area contributed by atoms with Gasteiger partial charge in [0.15, 0.2) is 0 Å². The van der Waals surface area contributed by atoms with E-state index in [-0.39, 0.29) is 0 Å². The van der Waals surface area contributed by atoms with E-state index in [1.54, 1.807) is 0 Å². The lowest BCUT2D eigenvalue weighted by molar-refractivity contribution is 0.204. The molecule has 2 heteroatoms. The summed E-state index contributed by atoms with van der Waals surface area (Å²) >= 11 is 0. The summed E-state index contributed by atoms with van der Waals surface area (Å²) in [5, 5.41) is 0. The molecule has 2 nitrogen and oxygen atoms in total. The molecule has 1 saturated carbocycles. The van der Waals surface area contributed by atoms with E-state index in [1.165, 1.54) is 37.3 Å². The lowest BCUT2D eigenvalue weighted by atomic mass is 9.88. The molecule has 2 unspecified atom stereocenters. The molecule has 2 fully saturated rings. The second-order valence-electron chi connectivity index (χ2n) is 8.03. The molecular formula is C22H28N2. The van der Waals surface area contributed by atoms with Crippen LogP contribution in [0, 0.1) is 5.41 Å². The number of piperazine rings is 1. The van der Waals surface area contributed by atoms with Gasteiger partial charge in [-0.15, -0.1) is 0 Å². The Morgan fingerprint density at radius 2 is 1.38 bits per heavy atom. The molecule has 2 aromatic rings. The van der Waals surface area contributed by atoms with Crippen LogP contribution in [0.2, 0.25) is 0 Å². The van der Waals surface area contributed by atoms with Crippen LogP contribution in [0.1, 0.15) is 25.8 Å². The molecule has 1 saturated heterocycles. The van der Waals surface area contributed by atoms with Crippen molar-refractivity contribution >= 4 is 5.69 Å². The van der Waals surface area contributed by atoms with E-state index in [9.17, 15) is 0 Å². The van der Waals surface area contributed by atoms with E-state index in [0.29, 0.717) is 10.8 Å². The summed E-state index contributed by atoms with van der Waals surface area (Å²) in [6, 6.07) is 21.9. The lowest BCUT2D eigenvalue weighted by Gasteiger charge is -2.38. The van der Waals surface area contributed by atoms with Gasteiger partial charge in [-0.1, -0.05) is 62.4 Å². The van der Waals surface area contributed by atoms with Gasteiger partial charge in [0.1, 0.15) is 0 Å². The van der Waals surface area contributed by atoms with Crippen LogP contribution in [-0.4, -0.2) is 37.6 Å². The Morgan fingerprint density at radius 1 is 0.792 bits per heavy atom. The third-order valence-electron chi connectivity index (χ3n) is 6.43. The van der Waals surface area contributed by atoms with E-state index in [1.807, 2.05) is 0 Å². The summed E-state index contributed by atoms with van der Waals surface area (Å²) in [6.07, 6.45) is 1.31. The van der Waals surface area contributed by atoms with Crippen LogP contribution in [0.4, 0.5) is 5.69 Å². The largest absolute Gasteiger partial charge is 0.369 e. The second kappa shape index (κ2) is 5.93. The maximum atomic E-state index is 2.67. The third-order valence-corrected chi connectivity index (χ3v) is 6.43. The van der Waals surface area contributed by atoms with Gasteiger partial charge >= 0.3 is 0 Å². The van der Waals surface area contributed by atoms with Gasteiger partial charge < -0.3 is 4.90 Å². The average Bonchev–Trinajstić information content (AvgIpc) is 3.19. The van der Waals surface area contributed by atoms with Crippen LogP contribution in [0.15, 0.2) is 60.7 Å². The Hall–Kier alpha value is -1.80. The second-order valence-corrected chi connectivity index (χ2v) is 8.03. The molecule has 1 heterocycles. The van der Waals surface area contributed by atoms with Gasteiger partial charge in [0, 0.05) is 38.4 Å².